The van der Waals surface area contributed by atoms with Crippen molar-refractivity contribution in [3.63, 3.8) is 0 Å². The van der Waals surface area contributed by atoms with E-state index < -0.39 is 0 Å². The van der Waals surface area contributed by atoms with Gasteiger partial charge >= 0.3 is 0 Å². The van der Waals surface area contributed by atoms with E-state index in [9.17, 15) is 4.79 Å². The number of hydrogen-bond donors (Lipinski definition) is 1. The summed E-state index contributed by atoms with van der Waals surface area (Å²) in [6, 6.07) is 5.23. The van der Waals surface area contributed by atoms with E-state index in [1.165, 1.54) is 0 Å². The van der Waals surface area contributed by atoms with Gasteiger partial charge in [-0.25, -0.2) is 0 Å². The lowest BCUT2D eigenvalue weighted by molar-refractivity contribution is -0.0109. The van der Waals surface area contributed by atoms with Crippen LogP contribution in [0, 0.1) is 0 Å². The SMILES string of the molecule is CN(CCO)C[C@@H]1COCCN1C(=O)c1ccc2c(c1)OCO2. The van der Waals surface area contributed by atoms with E-state index in [0.717, 1.165) is 0 Å². The molecule has 2 aliphatic rings. The Bertz CT molecular complexity index is 565. The van der Waals surface area contributed by atoms with Crippen molar-refractivity contribution in [2.45, 2.75) is 6.04 Å². The van der Waals surface area contributed by atoms with Crippen molar-refractivity contribution in [2.75, 3.05) is 53.3 Å². The predicted octanol–water partition coefficient (Wildman–Crippen LogP) is 0.180. The van der Waals surface area contributed by atoms with Crippen LogP contribution in [0.5, 0.6) is 11.5 Å². The quantitative estimate of drug-likeness (QED) is 0.834. The second-order valence-corrected chi connectivity index (χ2v) is 5.78. The Hall–Kier alpha value is -1.83. The smallest absolute Gasteiger partial charge is 0.254 e. The largest absolute Gasteiger partial charge is 0.454 e. The lowest BCUT2D eigenvalue weighted by atomic mass is 10.1. The number of amides is 1. The average molecular weight is 322 g/mol. The highest BCUT2D eigenvalue weighted by molar-refractivity contribution is 5.95. The third-order valence-corrected chi connectivity index (χ3v) is 4.11. The van der Waals surface area contributed by atoms with Crippen LogP contribution in [0.2, 0.25) is 0 Å². The molecule has 1 atom stereocenters. The molecule has 126 valence electrons. The van der Waals surface area contributed by atoms with Crippen LogP contribution < -0.4 is 9.47 Å². The fourth-order valence-electron chi connectivity index (χ4n) is 2.89. The first-order valence-corrected chi connectivity index (χ1v) is 7.77. The third kappa shape index (κ3) is 3.57. The number of aliphatic hydroxyl groups is 1. The number of likely N-dealkylation sites (N-methyl/N-ethyl adjacent to an activating group) is 1. The number of nitrogens with zero attached hydrogens (tertiary/aromatic N) is 2. The van der Waals surface area contributed by atoms with Crippen LogP contribution in [-0.2, 0) is 4.74 Å². The van der Waals surface area contributed by atoms with E-state index in [2.05, 4.69) is 0 Å². The summed E-state index contributed by atoms with van der Waals surface area (Å²) in [6.07, 6.45) is 0. The molecule has 0 aromatic heterocycles. The van der Waals surface area contributed by atoms with Crippen LogP contribution >= 0.6 is 0 Å². The number of aliphatic hydroxyl groups excluding tert-OH is 1. The van der Waals surface area contributed by atoms with Crippen molar-refractivity contribution < 1.29 is 24.1 Å². The highest BCUT2D eigenvalue weighted by Gasteiger charge is 2.29. The summed E-state index contributed by atoms with van der Waals surface area (Å²) in [5.41, 5.74) is 0.589. The van der Waals surface area contributed by atoms with Gasteiger partial charge in [-0.1, -0.05) is 0 Å². The Balaban J connectivity index is 1.73. The Morgan fingerprint density at radius 3 is 3.04 bits per heavy atom. The minimum atomic E-state index is -0.0333. The average Bonchev–Trinajstić information content (AvgIpc) is 3.02. The number of hydrogen-bond acceptors (Lipinski definition) is 6. The van der Waals surface area contributed by atoms with Gasteiger partial charge in [0.15, 0.2) is 11.5 Å². The summed E-state index contributed by atoms with van der Waals surface area (Å²) in [5, 5.41) is 9.03. The molecule has 3 rings (SSSR count). The molecule has 1 aromatic carbocycles. The Morgan fingerprint density at radius 1 is 1.39 bits per heavy atom. The Labute approximate surface area is 135 Å². The van der Waals surface area contributed by atoms with Crippen LogP contribution in [0.4, 0.5) is 0 Å². The molecule has 0 spiro atoms. The molecule has 1 aromatic rings. The fraction of sp³-hybridized carbons (Fsp3) is 0.562. The predicted molar refractivity (Wildman–Crippen MR) is 82.8 cm³/mol. The minimum absolute atomic E-state index is 0.0294. The molecule has 2 heterocycles. The number of carbonyl (C=O) groups is 1. The summed E-state index contributed by atoms with van der Waals surface area (Å²) in [4.78, 5) is 16.7. The molecule has 7 heteroatoms. The molecule has 0 aliphatic carbocycles. The number of fused-ring (bicyclic) bond motifs is 1. The summed E-state index contributed by atoms with van der Waals surface area (Å²) in [7, 11) is 1.92. The molecule has 1 N–H and O–H groups in total. The van der Waals surface area contributed by atoms with Gasteiger partial charge in [0.2, 0.25) is 6.79 Å². The van der Waals surface area contributed by atoms with Gasteiger partial charge in [0, 0.05) is 25.2 Å². The highest BCUT2D eigenvalue weighted by atomic mass is 16.7. The molecule has 0 saturated carbocycles. The molecule has 23 heavy (non-hydrogen) atoms. The van der Waals surface area contributed by atoms with Gasteiger partial charge < -0.3 is 29.1 Å². The number of ether oxygens (including phenoxy) is 3. The number of rotatable bonds is 5. The molecule has 0 bridgehead atoms. The molecule has 7 nitrogen and oxygen atoms in total. The van der Waals surface area contributed by atoms with Crippen LogP contribution in [-0.4, -0.2) is 80.2 Å². The normalized spacial score (nSPS) is 20.1. The van der Waals surface area contributed by atoms with Gasteiger partial charge in [-0.2, -0.15) is 0 Å². The van der Waals surface area contributed by atoms with Gasteiger partial charge in [0.1, 0.15) is 0 Å². The van der Waals surface area contributed by atoms with E-state index in [0.29, 0.717) is 49.9 Å². The molecule has 1 amide bonds. The van der Waals surface area contributed by atoms with Crippen molar-refractivity contribution in [3.05, 3.63) is 23.8 Å². The molecule has 2 aliphatic heterocycles. The zero-order chi connectivity index (χ0) is 16.2. The summed E-state index contributed by atoms with van der Waals surface area (Å²) >= 11 is 0. The number of carbonyl (C=O) groups excluding carboxylic acids is 1. The van der Waals surface area contributed by atoms with E-state index in [-0.39, 0.29) is 25.3 Å². The molecular formula is C16H22N2O5. The standard InChI is InChI=1S/C16H22N2O5/c1-17(4-6-19)9-13-10-21-7-5-18(13)16(20)12-2-3-14-15(8-12)23-11-22-14/h2-3,8,13,19H,4-7,9-11H2,1H3/t13-/m1/s1. The first-order chi connectivity index (χ1) is 11.2. The summed E-state index contributed by atoms with van der Waals surface area (Å²) in [6.45, 7) is 3.13. The summed E-state index contributed by atoms with van der Waals surface area (Å²) in [5.74, 6) is 1.25. The zero-order valence-electron chi connectivity index (χ0n) is 13.2. The van der Waals surface area contributed by atoms with Gasteiger partial charge in [0.25, 0.3) is 5.91 Å². The first kappa shape index (κ1) is 16.0. The Kier molecular flexibility index (Phi) is 5.00. The van der Waals surface area contributed by atoms with Gasteiger partial charge in [-0.3, -0.25) is 4.79 Å². The van der Waals surface area contributed by atoms with Crippen LogP contribution in [0.25, 0.3) is 0 Å². The van der Waals surface area contributed by atoms with Gasteiger partial charge in [0.05, 0.1) is 25.9 Å². The molecule has 0 unspecified atom stereocenters. The lowest BCUT2D eigenvalue weighted by Gasteiger charge is -2.37. The van der Waals surface area contributed by atoms with Crippen molar-refractivity contribution >= 4 is 5.91 Å². The van der Waals surface area contributed by atoms with E-state index in [4.69, 9.17) is 19.3 Å². The van der Waals surface area contributed by atoms with Crippen LogP contribution in [0.3, 0.4) is 0 Å². The number of morpholine rings is 1. The number of benzene rings is 1. The molecule has 0 radical (unpaired) electrons. The highest BCUT2D eigenvalue weighted by Crippen LogP contribution is 2.33. The van der Waals surface area contributed by atoms with Gasteiger partial charge in [-0.15, -0.1) is 0 Å². The monoisotopic (exact) mass is 322 g/mol. The molecule has 1 fully saturated rings. The second kappa shape index (κ2) is 7.16. The Morgan fingerprint density at radius 2 is 2.22 bits per heavy atom. The minimum Gasteiger partial charge on any atom is -0.454 e. The first-order valence-electron chi connectivity index (χ1n) is 7.77. The maximum absolute atomic E-state index is 12.9. The van der Waals surface area contributed by atoms with Crippen molar-refractivity contribution in [2.24, 2.45) is 0 Å². The van der Waals surface area contributed by atoms with Crippen LogP contribution in [0.15, 0.2) is 18.2 Å². The van der Waals surface area contributed by atoms with Gasteiger partial charge in [-0.05, 0) is 25.2 Å². The zero-order valence-corrected chi connectivity index (χ0v) is 13.2. The maximum Gasteiger partial charge on any atom is 0.254 e. The maximum atomic E-state index is 12.9. The second-order valence-electron chi connectivity index (χ2n) is 5.78. The molecular weight excluding hydrogens is 300 g/mol. The van der Waals surface area contributed by atoms with E-state index in [1.807, 2.05) is 16.8 Å². The van der Waals surface area contributed by atoms with Crippen LogP contribution in [0.1, 0.15) is 10.4 Å². The fourth-order valence-corrected chi connectivity index (χ4v) is 2.89. The lowest BCUT2D eigenvalue weighted by Crippen LogP contribution is -2.53. The van der Waals surface area contributed by atoms with Crippen molar-refractivity contribution in [1.29, 1.82) is 0 Å². The van der Waals surface area contributed by atoms with Crippen molar-refractivity contribution in [1.82, 2.24) is 9.80 Å². The van der Waals surface area contributed by atoms with Crippen molar-refractivity contribution in [3.8, 4) is 11.5 Å². The summed E-state index contributed by atoms with van der Waals surface area (Å²) < 4.78 is 16.2. The van der Waals surface area contributed by atoms with E-state index in [1.54, 1.807) is 18.2 Å². The molecule has 1 saturated heterocycles. The topological polar surface area (TPSA) is 71.5 Å². The van der Waals surface area contributed by atoms with E-state index >= 15 is 0 Å². The third-order valence-electron chi connectivity index (χ3n) is 4.11.